The summed E-state index contributed by atoms with van der Waals surface area (Å²) in [5.74, 6) is -0.0657. The number of imidazole rings is 1. The second kappa shape index (κ2) is 9.69. The normalized spacial score (nSPS) is 15.1. The van der Waals surface area contributed by atoms with Crippen LogP contribution in [0.25, 0.3) is 16.1 Å². The van der Waals surface area contributed by atoms with Crippen molar-refractivity contribution >= 4 is 22.9 Å². The zero-order valence-corrected chi connectivity index (χ0v) is 20.5. The minimum Gasteiger partial charge on any atom is -0.347 e. The van der Waals surface area contributed by atoms with Gasteiger partial charge in [0.25, 0.3) is 5.91 Å². The van der Waals surface area contributed by atoms with Crippen LogP contribution in [0.3, 0.4) is 0 Å². The Morgan fingerprint density at radius 2 is 2.03 bits per heavy atom. The van der Waals surface area contributed by atoms with E-state index in [1.165, 1.54) is 11.3 Å². The van der Waals surface area contributed by atoms with E-state index >= 15 is 0 Å². The average molecular weight is 478 g/mol. The van der Waals surface area contributed by atoms with Gasteiger partial charge in [0.15, 0.2) is 0 Å². The predicted octanol–water partition coefficient (Wildman–Crippen LogP) is 3.12. The van der Waals surface area contributed by atoms with E-state index in [1.54, 1.807) is 6.20 Å². The molecular weight excluding hydrogens is 446 g/mol. The topological polar surface area (TPSA) is 79.5 Å². The van der Waals surface area contributed by atoms with E-state index < -0.39 is 0 Å². The summed E-state index contributed by atoms with van der Waals surface area (Å²) >= 11 is 1.50. The van der Waals surface area contributed by atoms with Gasteiger partial charge in [-0.3, -0.25) is 9.48 Å². The fourth-order valence-corrected chi connectivity index (χ4v) is 5.38. The predicted molar refractivity (Wildman–Crippen MR) is 135 cm³/mol. The van der Waals surface area contributed by atoms with Crippen LogP contribution in [0, 0.1) is 5.41 Å². The number of thiophene rings is 1. The van der Waals surface area contributed by atoms with Crippen molar-refractivity contribution in [2.24, 2.45) is 5.41 Å². The largest absolute Gasteiger partial charge is 0.347 e. The van der Waals surface area contributed by atoms with Crippen LogP contribution in [-0.2, 0) is 13.1 Å². The molecule has 4 aromatic heterocycles. The zero-order valence-electron chi connectivity index (χ0n) is 19.7. The van der Waals surface area contributed by atoms with Gasteiger partial charge in [0.05, 0.1) is 11.1 Å². The minimum absolute atomic E-state index is 0.0657. The molecule has 34 heavy (non-hydrogen) atoms. The SMILES string of the molecule is CC(C)(CN1CCNCC1)Cn1cc(-c2ccc(C(=O)NCc3ccn4ccnc4c3)s2)cn1. The van der Waals surface area contributed by atoms with E-state index in [0.29, 0.717) is 11.4 Å². The Labute approximate surface area is 203 Å². The summed E-state index contributed by atoms with van der Waals surface area (Å²) in [7, 11) is 0. The Balaban J connectivity index is 1.18. The van der Waals surface area contributed by atoms with E-state index in [-0.39, 0.29) is 11.3 Å². The highest BCUT2D eigenvalue weighted by molar-refractivity contribution is 7.17. The molecule has 9 heteroatoms. The molecule has 5 heterocycles. The number of rotatable bonds is 8. The summed E-state index contributed by atoms with van der Waals surface area (Å²) in [6.45, 7) is 11.3. The Hall–Kier alpha value is -3.01. The maximum Gasteiger partial charge on any atom is 0.261 e. The van der Waals surface area contributed by atoms with Gasteiger partial charge in [0.1, 0.15) is 5.65 Å². The molecule has 1 aliphatic rings. The molecule has 0 radical (unpaired) electrons. The van der Waals surface area contributed by atoms with Gasteiger partial charge in [-0.1, -0.05) is 13.8 Å². The van der Waals surface area contributed by atoms with Gasteiger partial charge in [-0.15, -0.1) is 11.3 Å². The lowest BCUT2D eigenvalue weighted by molar-refractivity contribution is 0.0955. The number of hydrogen-bond acceptors (Lipinski definition) is 6. The lowest BCUT2D eigenvalue weighted by Gasteiger charge is -2.35. The number of carbonyl (C=O) groups is 1. The summed E-state index contributed by atoms with van der Waals surface area (Å²) in [5, 5.41) is 11.0. The molecule has 0 saturated carbocycles. The molecule has 0 atom stereocenters. The van der Waals surface area contributed by atoms with Crippen LogP contribution in [-0.4, -0.2) is 62.7 Å². The van der Waals surface area contributed by atoms with E-state index in [2.05, 4.69) is 45.7 Å². The third kappa shape index (κ3) is 5.38. The Morgan fingerprint density at radius 3 is 2.88 bits per heavy atom. The van der Waals surface area contributed by atoms with Crippen molar-refractivity contribution in [1.29, 1.82) is 0 Å². The number of fused-ring (bicyclic) bond motifs is 1. The number of amides is 1. The molecule has 178 valence electrons. The van der Waals surface area contributed by atoms with Gasteiger partial charge in [-0.25, -0.2) is 4.98 Å². The maximum absolute atomic E-state index is 12.7. The van der Waals surface area contributed by atoms with Crippen LogP contribution < -0.4 is 10.6 Å². The molecule has 0 bridgehead atoms. The highest BCUT2D eigenvalue weighted by Crippen LogP contribution is 2.29. The molecule has 8 nitrogen and oxygen atoms in total. The van der Waals surface area contributed by atoms with Crippen molar-refractivity contribution < 1.29 is 4.79 Å². The van der Waals surface area contributed by atoms with Crippen molar-refractivity contribution in [3.8, 4) is 10.4 Å². The first-order chi connectivity index (χ1) is 16.4. The van der Waals surface area contributed by atoms with Crippen LogP contribution in [0.15, 0.2) is 55.2 Å². The first kappa shape index (κ1) is 22.8. The van der Waals surface area contributed by atoms with Crippen molar-refractivity contribution in [2.45, 2.75) is 26.9 Å². The van der Waals surface area contributed by atoms with E-state index in [0.717, 1.165) is 60.9 Å². The first-order valence-corrected chi connectivity index (χ1v) is 12.5. The van der Waals surface area contributed by atoms with Gasteiger partial charge >= 0.3 is 0 Å². The first-order valence-electron chi connectivity index (χ1n) is 11.7. The number of nitrogens with one attached hydrogen (secondary N) is 2. The van der Waals surface area contributed by atoms with Gasteiger partial charge in [-0.05, 0) is 35.2 Å². The third-order valence-corrected chi connectivity index (χ3v) is 7.25. The molecule has 0 unspecified atom stereocenters. The number of hydrogen-bond donors (Lipinski definition) is 2. The van der Waals surface area contributed by atoms with Crippen molar-refractivity contribution in [3.63, 3.8) is 0 Å². The third-order valence-electron chi connectivity index (χ3n) is 6.11. The van der Waals surface area contributed by atoms with E-state index in [4.69, 9.17) is 0 Å². The van der Waals surface area contributed by atoms with Crippen molar-refractivity contribution in [3.05, 3.63) is 65.7 Å². The monoisotopic (exact) mass is 477 g/mol. The Kier molecular flexibility index (Phi) is 6.49. The van der Waals surface area contributed by atoms with Crippen LogP contribution in [0.5, 0.6) is 0 Å². The Morgan fingerprint density at radius 1 is 1.18 bits per heavy atom. The molecule has 1 amide bonds. The molecule has 5 rings (SSSR count). The summed E-state index contributed by atoms with van der Waals surface area (Å²) in [4.78, 5) is 21.3. The lowest BCUT2D eigenvalue weighted by Crippen LogP contribution is -2.47. The van der Waals surface area contributed by atoms with Gasteiger partial charge < -0.3 is 19.9 Å². The fraction of sp³-hybridized carbons (Fsp3) is 0.400. The number of piperazine rings is 1. The van der Waals surface area contributed by atoms with Crippen molar-refractivity contribution in [1.82, 2.24) is 34.7 Å². The summed E-state index contributed by atoms with van der Waals surface area (Å²) in [5.41, 5.74) is 3.07. The minimum atomic E-state index is -0.0657. The van der Waals surface area contributed by atoms with Crippen LogP contribution in [0.1, 0.15) is 29.1 Å². The lowest BCUT2D eigenvalue weighted by atomic mass is 9.92. The van der Waals surface area contributed by atoms with Crippen LogP contribution >= 0.6 is 11.3 Å². The van der Waals surface area contributed by atoms with Gasteiger partial charge in [-0.2, -0.15) is 5.10 Å². The summed E-state index contributed by atoms with van der Waals surface area (Å²) in [6.07, 6.45) is 9.61. The summed E-state index contributed by atoms with van der Waals surface area (Å²) < 4.78 is 3.98. The number of aromatic nitrogens is 4. The van der Waals surface area contributed by atoms with Crippen molar-refractivity contribution in [2.75, 3.05) is 32.7 Å². The molecule has 1 saturated heterocycles. The van der Waals surface area contributed by atoms with Gasteiger partial charge in [0.2, 0.25) is 0 Å². The molecule has 0 aromatic carbocycles. The molecule has 0 spiro atoms. The van der Waals surface area contributed by atoms with Crippen LogP contribution in [0.2, 0.25) is 0 Å². The number of pyridine rings is 1. The Bertz CT molecular complexity index is 1270. The number of carbonyl (C=O) groups excluding carboxylic acids is 1. The van der Waals surface area contributed by atoms with Crippen LogP contribution in [0.4, 0.5) is 0 Å². The average Bonchev–Trinajstić information content (AvgIpc) is 3.57. The second-order valence-electron chi connectivity index (χ2n) is 9.69. The fourth-order valence-electron chi connectivity index (χ4n) is 4.49. The molecule has 4 aromatic rings. The quantitative estimate of drug-likeness (QED) is 0.408. The molecule has 1 fully saturated rings. The molecule has 1 aliphatic heterocycles. The molecular formula is C25H31N7OS. The summed E-state index contributed by atoms with van der Waals surface area (Å²) in [6, 6.07) is 7.87. The zero-order chi connectivity index (χ0) is 23.5. The smallest absolute Gasteiger partial charge is 0.261 e. The number of nitrogens with zero attached hydrogens (tertiary/aromatic N) is 5. The van der Waals surface area contributed by atoms with E-state index in [1.807, 2.05) is 51.9 Å². The van der Waals surface area contributed by atoms with Gasteiger partial charge in [0, 0.05) is 81.0 Å². The second-order valence-corrected chi connectivity index (χ2v) is 10.8. The molecule has 0 aliphatic carbocycles. The standard InChI is InChI=1S/C25H31N7OS/c1-25(2,17-30-10-6-26-7-11-30)18-32-16-20(15-29-32)21-3-4-22(34-21)24(33)28-14-19-5-9-31-12-8-27-23(31)13-19/h3-5,8-9,12-13,15-16,26H,6-7,10-11,14,17-18H2,1-2H3,(H,28,33). The maximum atomic E-state index is 12.7. The highest BCUT2D eigenvalue weighted by atomic mass is 32.1. The molecule has 2 N–H and O–H groups in total. The highest BCUT2D eigenvalue weighted by Gasteiger charge is 2.24. The van der Waals surface area contributed by atoms with E-state index in [9.17, 15) is 4.79 Å².